The van der Waals surface area contributed by atoms with Crippen molar-refractivity contribution in [1.29, 1.82) is 0 Å². The van der Waals surface area contributed by atoms with Crippen LogP contribution in [0.15, 0.2) is 30.7 Å². The normalized spacial score (nSPS) is 12.3. The molecule has 2 rings (SSSR count). The van der Waals surface area contributed by atoms with Crippen LogP contribution in [-0.2, 0) is 0 Å². The lowest BCUT2D eigenvalue weighted by Crippen LogP contribution is -2.12. The number of aromatic nitrogens is 3. The molecule has 0 aromatic carbocycles. The Hall–Kier alpha value is -2.44. The van der Waals surface area contributed by atoms with Crippen LogP contribution in [0, 0.1) is 10.1 Å². The van der Waals surface area contributed by atoms with E-state index in [1.54, 1.807) is 18.5 Å². The fourth-order valence-electron chi connectivity index (χ4n) is 1.58. The Labute approximate surface area is 97.0 Å². The summed E-state index contributed by atoms with van der Waals surface area (Å²) in [6.45, 7) is 1.85. The van der Waals surface area contributed by atoms with Crippen molar-refractivity contribution in [2.45, 2.75) is 13.0 Å². The minimum absolute atomic E-state index is 0.0475. The van der Waals surface area contributed by atoms with E-state index in [9.17, 15) is 10.1 Å². The number of pyridine rings is 1. The molecule has 0 saturated carbocycles. The molecule has 2 aromatic heterocycles. The molecule has 88 valence electrons. The van der Waals surface area contributed by atoms with Crippen molar-refractivity contribution < 1.29 is 4.92 Å². The molecule has 1 unspecified atom stereocenters. The van der Waals surface area contributed by atoms with Crippen LogP contribution in [-0.4, -0.2) is 19.7 Å². The Balaban J connectivity index is 2.39. The fraction of sp³-hybridized carbons (Fsp3) is 0.200. The van der Waals surface area contributed by atoms with Crippen molar-refractivity contribution in [3.63, 3.8) is 0 Å². The molecule has 2 aromatic rings. The van der Waals surface area contributed by atoms with Crippen LogP contribution in [0.1, 0.15) is 18.5 Å². The second-order valence-electron chi connectivity index (χ2n) is 3.58. The van der Waals surface area contributed by atoms with Crippen molar-refractivity contribution in [2.75, 3.05) is 5.73 Å². The van der Waals surface area contributed by atoms with Crippen LogP contribution in [0.4, 0.5) is 11.5 Å². The lowest BCUT2D eigenvalue weighted by Gasteiger charge is -2.12. The van der Waals surface area contributed by atoms with Gasteiger partial charge in [0.25, 0.3) is 0 Å². The third-order valence-corrected chi connectivity index (χ3v) is 2.54. The lowest BCUT2D eigenvalue weighted by atomic mass is 10.1. The zero-order chi connectivity index (χ0) is 12.4. The van der Waals surface area contributed by atoms with Crippen LogP contribution >= 0.6 is 0 Å². The predicted octanol–water partition coefficient (Wildman–Crippen LogP) is 1.38. The zero-order valence-corrected chi connectivity index (χ0v) is 9.15. The summed E-state index contributed by atoms with van der Waals surface area (Å²) in [6, 6.07) is 3.46. The molecule has 0 spiro atoms. The number of anilines is 1. The van der Waals surface area contributed by atoms with Gasteiger partial charge in [-0.2, -0.15) is 5.10 Å². The Morgan fingerprint density at radius 3 is 2.82 bits per heavy atom. The molecule has 0 aliphatic carbocycles. The number of nitrogens with zero attached hydrogens (tertiary/aromatic N) is 4. The Morgan fingerprint density at radius 2 is 2.29 bits per heavy atom. The van der Waals surface area contributed by atoms with E-state index in [4.69, 9.17) is 5.73 Å². The van der Waals surface area contributed by atoms with E-state index in [-0.39, 0.29) is 17.5 Å². The maximum atomic E-state index is 10.7. The minimum atomic E-state index is -0.547. The molecule has 17 heavy (non-hydrogen) atoms. The molecule has 2 heterocycles. The van der Waals surface area contributed by atoms with Gasteiger partial charge >= 0.3 is 5.69 Å². The summed E-state index contributed by atoms with van der Waals surface area (Å²) in [6.07, 6.45) is 4.49. The van der Waals surface area contributed by atoms with Gasteiger partial charge in [0.05, 0.1) is 11.0 Å². The van der Waals surface area contributed by atoms with Gasteiger partial charge in [-0.3, -0.25) is 15.1 Å². The Morgan fingerprint density at radius 1 is 1.53 bits per heavy atom. The van der Waals surface area contributed by atoms with Crippen LogP contribution in [0.25, 0.3) is 0 Å². The summed E-state index contributed by atoms with van der Waals surface area (Å²) in [4.78, 5) is 14.1. The van der Waals surface area contributed by atoms with E-state index in [0.29, 0.717) is 0 Å². The molecule has 0 aliphatic rings. The summed E-state index contributed by atoms with van der Waals surface area (Å²) in [5, 5.41) is 14.6. The first-order chi connectivity index (χ1) is 8.11. The fourth-order valence-corrected chi connectivity index (χ4v) is 1.58. The molecular formula is C10H11N5O2. The van der Waals surface area contributed by atoms with Gasteiger partial charge in [-0.15, -0.1) is 0 Å². The zero-order valence-electron chi connectivity index (χ0n) is 9.15. The Kier molecular flexibility index (Phi) is 2.73. The summed E-state index contributed by atoms with van der Waals surface area (Å²) >= 11 is 0. The van der Waals surface area contributed by atoms with Crippen molar-refractivity contribution in [3.05, 3.63) is 46.4 Å². The van der Waals surface area contributed by atoms with E-state index in [1.807, 2.05) is 13.0 Å². The second-order valence-corrected chi connectivity index (χ2v) is 3.58. The molecule has 7 nitrogen and oxygen atoms in total. The molecule has 0 radical (unpaired) electrons. The van der Waals surface area contributed by atoms with E-state index in [2.05, 4.69) is 10.1 Å². The van der Waals surface area contributed by atoms with E-state index in [0.717, 1.165) is 11.8 Å². The number of nitrogens with two attached hydrogens (primary N) is 1. The molecule has 1 atom stereocenters. The Bertz CT molecular complexity index is 537. The average Bonchev–Trinajstić information content (AvgIpc) is 2.71. The smallest absolute Gasteiger partial charge is 0.330 e. The first-order valence-electron chi connectivity index (χ1n) is 4.98. The maximum Gasteiger partial charge on any atom is 0.330 e. The standard InChI is InChI=1S/C10H11N5O2/c1-7(8-3-2-4-12-5-8)14-10(11)9(6-13-14)15(16)17/h2-7H,11H2,1H3. The van der Waals surface area contributed by atoms with Gasteiger partial charge in [0.15, 0.2) is 0 Å². The van der Waals surface area contributed by atoms with Gasteiger partial charge in [0.1, 0.15) is 6.20 Å². The maximum absolute atomic E-state index is 10.7. The second kappa shape index (κ2) is 4.20. The highest BCUT2D eigenvalue weighted by atomic mass is 16.6. The van der Waals surface area contributed by atoms with E-state index < -0.39 is 4.92 Å². The largest absolute Gasteiger partial charge is 0.378 e. The molecule has 7 heteroatoms. The summed E-state index contributed by atoms with van der Waals surface area (Å²) < 4.78 is 1.41. The quantitative estimate of drug-likeness (QED) is 0.637. The number of hydrogen-bond donors (Lipinski definition) is 1. The van der Waals surface area contributed by atoms with Crippen LogP contribution in [0.2, 0.25) is 0 Å². The summed E-state index contributed by atoms with van der Waals surface area (Å²) in [5.74, 6) is 0.0475. The van der Waals surface area contributed by atoms with E-state index in [1.165, 1.54) is 4.68 Å². The predicted molar refractivity (Wildman–Crippen MR) is 61.3 cm³/mol. The SMILES string of the molecule is CC(c1cccnc1)n1ncc([N+](=O)[O-])c1N. The highest BCUT2D eigenvalue weighted by Crippen LogP contribution is 2.26. The van der Waals surface area contributed by atoms with Crippen LogP contribution < -0.4 is 5.73 Å². The molecule has 2 N–H and O–H groups in total. The summed E-state index contributed by atoms with van der Waals surface area (Å²) in [5.41, 5.74) is 6.39. The molecule has 0 bridgehead atoms. The van der Waals surface area contributed by atoms with Crippen molar-refractivity contribution in [2.24, 2.45) is 0 Å². The van der Waals surface area contributed by atoms with Crippen LogP contribution in [0.3, 0.4) is 0 Å². The minimum Gasteiger partial charge on any atom is -0.378 e. The monoisotopic (exact) mass is 233 g/mol. The van der Waals surface area contributed by atoms with Gasteiger partial charge in [-0.05, 0) is 18.6 Å². The first kappa shape index (κ1) is 11.1. The lowest BCUT2D eigenvalue weighted by molar-refractivity contribution is -0.384. The number of rotatable bonds is 3. The third kappa shape index (κ3) is 1.94. The molecule has 0 fully saturated rings. The van der Waals surface area contributed by atoms with E-state index >= 15 is 0 Å². The number of hydrogen-bond acceptors (Lipinski definition) is 5. The van der Waals surface area contributed by atoms with Gasteiger partial charge in [-0.25, -0.2) is 4.68 Å². The highest BCUT2D eigenvalue weighted by molar-refractivity contribution is 5.52. The van der Waals surface area contributed by atoms with Crippen molar-refractivity contribution in [3.8, 4) is 0 Å². The van der Waals surface area contributed by atoms with Crippen LogP contribution in [0.5, 0.6) is 0 Å². The van der Waals surface area contributed by atoms with Gasteiger partial charge in [-0.1, -0.05) is 6.07 Å². The van der Waals surface area contributed by atoms with Gasteiger partial charge < -0.3 is 5.73 Å². The first-order valence-corrected chi connectivity index (χ1v) is 4.98. The highest BCUT2D eigenvalue weighted by Gasteiger charge is 2.21. The molecule has 0 aliphatic heterocycles. The van der Waals surface area contributed by atoms with Gasteiger partial charge in [0, 0.05) is 12.4 Å². The third-order valence-electron chi connectivity index (χ3n) is 2.54. The molecule has 0 saturated heterocycles. The van der Waals surface area contributed by atoms with Crippen molar-refractivity contribution in [1.82, 2.24) is 14.8 Å². The van der Waals surface area contributed by atoms with Gasteiger partial charge in [0.2, 0.25) is 5.82 Å². The topological polar surface area (TPSA) is 99.9 Å². The van der Waals surface area contributed by atoms with Crippen molar-refractivity contribution >= 4 is 11.5 Å². The number of nitrogen functional groups attached to an aromatic ring is 1. The summed E-state index contributed by atoms with van der Waals surface area (Å²) in [7, 11) is 0. The molecular weight excluding hydrogens is 222 g/mol. The molecule has 0 amide bonds. The number of nitro groups is 1. The average molecular weight is 233 g/mol.